The predicted molar refractivity (Wildman–Crippen MR) is 82.4 cm³/mol. The summed E-state index contributed by atoms with van der Waals surface area (Å²) in [6, 6.07) is 7.66. The molecule has 0 aliphatic heterocycles. The van der Waals surface area contributed by atoms with Crippen molar-refractivity contribution in [3.8, 4) is 11.3 Å². The van der Waals surface area contributed by atoms with E-state index in [4.69, 9.17) is 0 Å². The van der Waals surface area contributed by atoms with Crippen LogP contribution in [0.25, 0.3) is 11.3 Å². The first-order valence-electron chi connectivity index (χ1n) is 6.63. The predicted octanol–water partition coefficient (Wildman–Crippen LogP) is 3.39. The van der Waals surface area contributed by atoms with E-state index in [1.807, 2.05) is 24.3 Å². The van der Waals surface area contributed by atoms with Crippen molar-refractivity contribution < 1.29 is 4.92 Å². The smallest absolute Gasteiger partial charge is 0.313 e. The van der Waals surface area contributed by atoms with Gasteiger partial charge in [0.1, 0.15) is 6.20 Å². The molecule has 1 N–H and O–H groups in total. The number of nitrogens with one attached hydrogen (secondary N) is 1. The Balaban J connectivity index is 2.52. The Morgan fingerprint density at radius 3 is 2.29 bits per heavy atom. The Labute approximate surface area is 123 Å². The van der Waals surface area contributed by atoms with Crippen LogP contribution < -0.4 is 5.32 Å². The van der Waals surface area contributed by atoms with Crippen LogP contribution in [0.4, 0.5) is 11.6 Å². The Morgan fingerprint density at radius 2 is 1.81 bits per heavy atom. The van der Waals surface area contributed by atoms with Crippen molar-refractivity contribution in [1.29, 1.82) is 0 Å². The van der Waals surface area contributed by atoms with Crippen molar-refractivity contribution >= 4 is 11.6 Å². The summed E-state index contributed by atoms with van der Waals surface area (Å²) in [4.78, 5) is 18.8. The fourth-order valence-corrected chi connectivity index (χ4v) is 1.97. The molecule has 6 heteroatoms. The van der Waals surface area contributed by atoms with E-state index in [0.717, 1.165) is 5.56 Å². The summed E-state index contributed by atoms with van der Waals surface area (Å²) < 4.78 is 0. The van der Waals surface area contributed by atoms with Gasteiger partial charge in [0.25, 0.3) is 0 Å². The van der Waals surface area contributed by atoms with Gasteiger partial charge in [-0.1, -0.05) is 45.0 Å². The van der Waals surface area contributed by atoms with Crippen LogP contribution in [0.3, 0.4) is 0 Å². The second-order valence-electron chi connectivity index (χ2n) is 5.76. The molecule has 0 unspecified atom stereocenters. The average molecular weight is 286 g/mol. The van der Waals surface area contributed by atoms with E-state index in [9.17, 15) is 10.1 Å². The highest BCUT2D eigenvalue weighted by Crippen LogP contribution is 2.30. The van der Waals surface area contributed by atoms with Gasteiger partial charge >= 0.3 is 5.69 Å². The van der Waals surface area contributed by atoms with Gasteiger partial charge in [0.05, 0.1) is 4.92 Å². The van der Waals surface area contributed by atoms with Gasteiger partial charge in [-0.05, 0) is 11.0 Å². The number of nitrogens with zero attached hydrogens (tertiary/aromatic N) is 3. The molecule has 110 valence electrons. The largest absolute Gasteiger partial charge is 0.357 e. The molecule has 2 rings (SSSR count). The van der Waals surface area contributed by atoms with Gasteiger partial charge in [0, 0.05) is 12.6 Å². The number of hydrogen-bond donors (Lipinski definition) is 1. The van der Waals surface area contributed by atoms with Crippen molar-refractivity contribution in [3.05, 3.63) is 46.1 Å². The van der Waals surface area contributed by atoms with Gasteiger partial charge in [-0.25, -0.2) is 9.97 Å². The minimum absolute atomic E-state index is 0.0340. The zero-order valence-electron chi connectivity index (χ0n) is 12.5. The van der Waals surface area contributed by atoms with Gasteiger partial charge in [-0.15, -0.1) is 0 Å². The molecule has 0 aliphatic carbocycles. The van der Waals surface area contributed by atoms with Crippen molar-refractivity contribution in [1.82, 2.24) is 9.97 Å². The van der Waals surface area contributed by atoms with E-state index in [-0.39, 0.29) is 11.1 Å². The van der Waals surface area contributed by atoms with Crippen molar-refractivity contribution in [2.75, 3.05) is 12.4 Å². The van der Waals surface area contributed by atoms with E-state index in [0.29, 0.717) is 17.2 Å². The van der Waals surface area contributed by atoms with Crippen LogP contribution in [0, 0.1) is 10.1 Å². The molecule has 0 radical (unpaired) electrons. The summed E-state index contributed by atoms with van der Waals surface area (Å²) in [5.41, 5.74) is 2.12. The average Bonchev–Trinajstić information content (AvgIpc) is 2.45. The van der Waals surface area contributed by atoms with Gasteiger partial charge < -0.3 is 5.32 Å². The van der Waals surface area contributed by atoms with E-state index >= 15 is 0 Å². The standard InChI is InChI=1S/C15H18N4O2/c1-15(2,3)11-7-5-10(6-8-11)13-12(19(20)21)9-17-14(16-4)18-13/h5-9H,1-4H3,(H,16,17,18). The molecule has 1 aromatic carbocycles. The Morgan fingerprint density at radius 1 is 1.19 bits per heavy atom. The zero-order valence-corrected chi connectivity index (χ0v) is 12.5. The lowest BCUT2D eigenvalue weighted by Gasteiger charge is -2.19. The summed E-state index contributed by atoms with van der Waals surface area (Å²) in [6.45, 7) is 6.36. The van der Waals surface area contributed by atoms with Crippen LogP contribution in [-0.4, -0.2) is 21.9 Å². The van der Waals surface area contributed by atoms with Crippen molar-refractivity contribution in [2.24, 2.45) is 0 Å². The van der Waals surface area contributed by atoms with Gasteiger partial charge in [-0.3, -0.25) is 10.1 Å². The van der Waals surface area contributed by atoms with Crippen LogP contribution in [-0.2, 0) is 5.41 Å². The Kier molecular flexibility index (Phi) is 3.88. The van der Waals surface area contributed by atoms with Crippen molar-refractivity contribution in [3.63, 3.8) is 0 Å². The van der Waals surface area contributed by atoms with E-state index < -0.39 is 4.92 Å². The van der Waals surface area contributed by atoms with Crippen LogP contribution in [0.15, 0.2) is 30.5 Å². The molecular formula is C15H18N4O2. The van der Waals surface area contributed by atoms with Gasteiger partial charge in [0.2, 0.25) is 5.95 Å². The highest BCUT2D eigenvalue weighted by molar-refractivity contribution is 5.70. The molecule has 6 nitrogen and oxygen atoms in total. The highest BCUT2D eigenvalue weighted by atomic mass is 16.6. The normalized spacial score (nSPS) is 11.2. The number of hydrogen-bond acceptors (Lipinski definition) is 5. The first-order valence-corrected chi connectivity index (χ1v) is 6.63. The maximum Gasteiger partial charge on any atom is 0.313 e. The second-order valence-corrected chi connectivity index (χ2v) is 5.76. The third-order valence-electron chi connectivity index (χ3n) is 3.21. The number of aromatic nitrogens is 2. The number of anilines is 1. The summed E-state index contributed by atoms with van der Waals surface area (Å²) in [5.74, 6) is 0.357. The quantitative estimate of drug-likeness (QED) is 0.691. The van der Waals surface area contributed by atoms with Crippen LogP contribution >= 0.6 is 0 Å². The zero-order chi connectivity index (χ0) is 15.6. The molecule has 0 fully saturated rings. The van der Waals surface area contributed by atoms with Crippen LogP contribution in [0.1, 0.15) is 26.3 Å². The van der Waals surface area contributed by atoms with E-state index in [2.05, 4.69) is 36.1 Å². The lowest BCUT2D eigenvalue weighted by atomic mass is 9.86. The summed E-state index contributed by atoms with van der Waals surface area (Å²) >= 11 is 0. The molecule has 0 bridgehead atoms. The second kappa shape index (κ2) is 5.47. The molecule has 0 aliphatic rings. The molecule has 0 atom stereocenters. The maximum absolute atomic E-state index is 11.1. The molecular weight excluding hydrogens is 268 g/mol. The van der Waals surface area contributed by atoms with E-state index in [1.165, 1.54) is 6.20 Å². The first kappa shape index (κ1) is 14.9. The fraction of sp³-hybridized carbons (Fsp3) is 0.333. The summed E-state index contributed by atoms with van der Waals surface area (Å²) in [7, 11) is 1.67. The monoisotopic (exact) mass is 286 g/mol. The Hall–Kier alpha value is -2.50. The third kappa shape index (κ3) is 3.16. The number of rotatable bonds is 3. The molecule has 1 heterocycles. The molecule has 0 saturated heterocycles. The minimum Gasteiger partial charge on any atom is -0.357 e. The Bertz CT molecular complexity index is 660. The topological polar surface area (TPSA) is 81.0 Å². The molecule has 0 amide bonds. The molecule has 0 spiro atoms. The van der Waals surface area contributed by atoms with Crippen molar-refractivity contribution in [2.45, 2.75) is 26.2 Å². The lowest BCUT2D eigenvalue weighted by molar-refractivity contribution is -0.384. The highest BCUT2D eigenvalue weighted by Gasteiger charge is 2.20. The SMILES string of the molecule is CNc1ncc([N+](=O)[O-])c(-c2ccc(C(C)(C)C)cc2)n1. The minimum atomic E-state index is -0.466. The lowest BCUT2D eigenvalue weighted by Crippen LogP contribution is -2.10. The number of nitro groups is 1. The van der Waals surface area contributed by atoms with Crippen LogP contribution in [0.5, 0.6) is 0 Å². The molecule has 0 saturated carbocycles. The third-order valence-corrected chi connectivity index (χ3v) is 3.21. The van der Waals surface area contributed by atoms with Gasteiger partial charge in [-0.2, -0.15) is 0 Å². The summed E-state index contributed by atoms with van der Waals surface area (Å²) in [6.07, 6.45) is 1.23. The van der Waals surface area contributed by atoms with E-state index in [1.54, 1.807) is 7.05 Å². The fourth-order valence-electron chi connectivity index (χ4n) is 1.97. The maximum atomic E-state index is 11.1. The molecule has 2 aromatic rings. The first-order chi connectivity index (χ1) is 9.82. The molecule has 21 heavy (non-hydrogen) atoms. The van der Waals surface area contributed by atoms with Crippen LogP contribution in [0.2, 0.25) is 0 Å². The molecule has 1 aromatic heterocycles. The van der Waals surface area contributed by atoms with Gasteiger partial charge in [0.15, 0.2) is 5.69 Å². The summed E-state index contributed by atoms with van der Waals surface area (Å²) in [5, 5.41) is 13.9. The number of benzene rings is 1.